The van der Waals surface area contributed by atoms with Crippen molar-refractivity contribution in [2.45, 2.75) is 45.5 Å². The molecule has 0 unspecified atom stereocenters. The van der Waals surface area contributed by atoms with Crippen LogP contribution in [0.2, 0.25) is 0 Å². The predicted octanol–water partition coefficient (Wildman–Crippen LogP) is 1.18. The summed E-state index contributed by atoms with van der Waals surface area (Å²) in [6.45, 7) is 10.8. The van der Waals surface area contributed by atoms with Gasteiger partial charge in [-0.25, -0.2) is 0 Å². The summed E-state index contributed by atoms with van der Waals surface area (Å²) in [6, 6.07) is 0. The first-order valence-corrected chi connectivity index (χ1v) is 4.97. The Kier molecular flexibility index (Phi) is 3.71. The lowest BCUT2D eigenvalue weighted by molar-refractivity contribution is -0.103. The van der Waals surface area contributed by atoms with Gasteiger partial charge in [-0.2, -0.15) is 0 Å². The monoisotopic (exact) mass is 187 g/mol. The summed E-state index contributed by atoms with van der Waals surface area (Å²) < 4.78 is 11.3. The third-order valence-corrected chi connectivity index (χ3v) is 1.93. The molecule has 1 heterocycles. The summed E-state index contributed by atoms with van der Waals surface area (Å²) in [6.07, 6.45) is 0.519. The molecule has 1 fully saturated rings. The lowest BCUT2D eigenvalue weighted by Gasteiger charge is -2.31. The molecule has 13 heavy (non-hydrogen) atoms. The molecular weight excluding hydrogens is 166 g/mol. The number of hydrogen-bond acceptors (Lipinski definition) is 3. The average molecular weight is 187 g/mol. The zero-order valence-electron chi connectivity index (χ0n) is 9.09. The van der Waals surface area contributed by atoms with Crippen LogP contribution in [0.1, 0.15) is 27.7 Å². The van der Waals surface area contributed by atoms with Crippen LogP contribution in [0.15, 0.2) is 0 Å². The Balaban J connectivity index is 2.21. The highest BCUT2D eigenvalue weighted by Crippen LogP contribution is 2.10. The van der Waals surface area contributed by atoms with Gasteiger partial charge in [-0.1, -0.05) is 0 Å². The molecule has 1 aliphatic rings. The summed E-state index contributed by atoms with van der Waals surface area (Å²) in [4.78, 5) is 0. The van der Waals surface area contributed by atoms with E-state index in [9.17, 15) is 0 Å². The molecule has 0 aliphatic carbocycles. The van der Waals surface area contributed by atoms with Crippen LogP contribution in [0.4, 0.5) is 0 Å². The molecule has 2 atom stereocenters. The Bertz CT molecular complexity index is 153. The van der Waals surface area contributed by atoms with Crippen molar-refractivity contribution >= 4 is 0 Å². The van der Waals surface area contributed by atoms with Crippen LogP contribution < -0.4 is 5.32 Å². The van der Waals surface area contributed by atoms with Gasteiger partial charge in [0.2, 0.25) is 0 Å². The zero-order chi connectivity index (χ0) is 9.90. The van der Waals surface area contributed by atoms with E-state index in [-0.39, 0.29) is 11.7 Å². The SMILES string of the molecule is C[C@H]1CNC[C@H](COC(C)(C)C)O1. The number of morpholine rings is 1. The van der Waals surface area contributed by atoms with Crippen molar-refractivity contribution in [1.29, 1.82) is 0 Å². The maximum Gasteiger partial charge on any atom is 0.0937 e. The largest absolute Gasteiger partial charge is 0.373 e. The van der Waals surface area contributed by atoms with Crippen LogP contribution in [0.5, 0.6) is 0 Å². The molecule has 3 nitrogen and oxygen atoms in total. The van der Waals surface area contributed by atoms with E-state index in [0.29, 0.717) is 12.7 Å². The van der Waals surface area contributed by atoms with E-state index in [1.165, 1.54) is 0 Å². The second-order valence-corrected chi connectivity index (χ2v) is 4.65. The van der Waals surface area contributed by atoms with Crippen LogP contribution in [-0.2, 0) is 9.47 Å². The van der Waals surface area contributed by atoms with Gasteiger partial charge in [-0.3, -0.25) is 0 Å². The number of nitrogens with one attached hydrogen (secondary N) is 1. The van der Waals surface area contributed by atoms with Crippen LogP contribution in [0.3, 0.4) is 0 Å². The molecule has 3 heteroatoms. The van der Waals surface area contributed by atoms with Crippen molar-refractivity contribution in [2.75, 3.05) is 19.7 Å². The van der Waals surface area contributed by atoms with E-state index in [4.69, 9.17) is 9.47 Å². The lowest BCUT2D eigenvalue weighted by atomic mass is 10.2. The van der Waals surface area contributed by atoms with Crippen LogP contribution in [-0.4, -0.2) is 37.5 Å². The fourth-order valence-electron chi connectivity index (χ4n) is 1.31. The minimum absolute atomic E-state index is 0.0654. The van der Waals surface area contributed by atoms with Gasteiger partial charge in [0.05, 0.1) is 24.4 Å². The van der Waals surface area contributed by atoms with E-state index in [1.807, 2.05) is 0 Å². The van der Waals surface area contributed by atoms with Gasteiger partial charge in [0, 0.05) is 13.1 Å². The second kappa shape index (κ2) is 4.40. The minimum Gasteiger partial charge on any atom is -0.373 e. The van der Waals surface area contributed by atoms with Gasteiger partial charge in [-0.05, 0) is 27.7 Å². The van der Waals surface area contributed by atoms with E-state index in [1.54, 1.807) is 0 Å². The Hall–Kier alpha value is -0.120. The summed E-state index contributed by atoms with van der Waals surface area (Å²) in [5.74, 6) is 0. The van der Waals surface area contributed by atoms with E-state index in [0.717, 1.165) is 13.1 Å². The minimum atomic E-state index is -0.0654. The Morgan fingerprint density at radius 1 is 1.38 bits per heavy atom. The normalized spacial score (nSPS) is 30.5. The van der Waals surface area contributed by atoms with E-state index in [2.05, 4.69) is 33.0 Å². The summed E-state index contributed by atoms with van der Waals surface area (Å²) in [7, 11) is 0. The number of rotatable bonds is 2. The molecule has 1 rings (SSSR count). The van der Waals surface area contributed by atoms with Crippen molar-refractivity contribution in [1.82, 2.24) is 5.32 Å². The van der Waals surface area contributed by atoms with Crippen LogP contribution >= 0.6 is 0 Å². The molecule has 0 bridgehead atoms. The predicted molar refractivity (Wildman–Crippen MR) is 52.9 cm³/mol. The first-order valence-electron chi connectivity index (χ1n) is 4.97. The maximum atomic E-state index is 5.69. The topological polar surface area (TPSA) is 30.5 Å². The third-order valence-electron chi connectivity index (χ3n) is 1.93. The summed E-state index contributed by atoms with van der Waals surface area (Å²) in [5, 5.41) is 3.32. The second-order valence-electron chi connectivity index (χ2n) is 4.65. The molecule has 0 radical (unpaired) electrons. The van der Waals surface area contributed by atoms with Gasteiger partial charge in [0.15, 0.2) is 0 Å². The Morgan fingerprint density at radius 3 is 2.62 bits per heavy atom. The molecule has 78 valence electrons. The number of ether oxygens (including phenoxy) is 2. The Labute approximate surface area is 80.8 Å². The molecular formula is C10H21NO2. The molecule has 0 spiro atoms. The van der Waals surface area contributed by atoms with Crippen LogP contribution in [0.25, 0.3) is 0 Å². The first-order chi connectivity index (χ1) is 5.97. The van der Waals surface area contributed by atoms with Gasteiger partial charge < -0.3 is 14.8 Å². The van der Waals surface area contributed by atoms with Gasteiger partial charge >= 0.3 is 0 Å². The molecule has 0 saturated carbocycles. The highest BCUT2D eigenvalue weighted by Gasteiger charge is 2.21. The average Bonchev–Trinajstić information content (AvgIpc) is 2.00. The van der Waals surface area contributed by atoms with E-state index < -0.39 is 0 Å². The quantitative estimate of drug-likeness (QED) is 0.704. The summed E-state index contributed by atoms with van der Waals surface area (Å²) >= 11 is 0. The van der Waals surface area contributed by atoms with E-state index >= 15 is 0 Å². The highest BCUT2D eigenvalue weighted by molar-refractivity contribution is 4.72. The molecule has 0 aromatic carbocycles. The molecule has 0 amide bonds. The zero-order valence-corrected chi connectivity index (χ0v) is 9.09. The van der Waals surface area contributed by atoms with Crippen LogP contribution in [0, 0.1) is 0 Å². The smallest absolute Gasteiger partial charge is 0.0937 e. The fraction of sp³-hybridized carbons (Fsp3) is 1.00. The molecule has 1 N–H and O–H groups in total. The molecule has 1 aliphatic heterocycles. The van der Waals surface area contributed by atoms with Crippen molar-refractivity contribution < 1.29 is 9.47 Å². The van der Waals surface area contributed by atoms with Crippen molar-refractivity contribution in [3.8, 4) is 0 Å². The third kappa shape index (κ3) is 4.60. The lowest BCUT2D eigenvalue weighted by Crippen LogP contribution is -2.46. The fourth-order valence-corrected chi connectivity index (χ4v) is 1.31. The standard InChI is InChI=1S/C10H21NO2/c1-8-5-11-6-9(13-8)7-12-10(2,3)4/h8-9,11H,5-7H2,1-4H3/t8-,9+/m0/s1. The van der Waals surface area contributed by atoms with Crippen molar-refractivity contribution in [3.05, 3.63) is 0 Å². The Morgan fingerprint density at radius 2 is 2.08 bits per heavy atom. The summed E-state index contributed by atoms with van der Waals surface area (Å²) in [5.41, 5.74) is -0.0654. The first kappa shape index (κ1) is 11.0. The van der Waals surface area contributed by atoms with Gasteiger partial charge in [0.1, 0.15) is 0 Å². The maximum absolute atomic E-state index is 5.69. The van der Waals surface area contributed by atoms with Gasteiger partial charge in [0.25, 0.3) is 0 Å². The molecule has 1 saturated heterocycles. The molecule has 0 aromatic rings. The molecule has 0 aromatic heterocycles. The van der Waals surface area contributed by atoms with Crippen molar-refractivity contribution in [3.63, 3.8) is 0 Å². The number of hydrogen-bond donors (Lipinski definition) is 1. The van der Waals surface area contributed by atoms with Gasteiger partial charge in [-0.15, -0.1) is 0 Å². The van der Waals surface area contributed by atoms with Crippen molar-refractivity contribution in [2.24, 2.45) is 0 Å². The highest BCUT2D eigenvalue weighted by atomic mass is 16.5.